The van der Waals surface area contributed by atoms with Crippen molar-refractivity contribution in [3.05, 3.63) is 72.3 Å². The Morgan fingerprint density at radius 2 is 1.58 bits per heavy atom. The van der Waals surface area contributed by atoms with E-state index in [4.69, 9.17) is 21.7 Å². The minimum Gasteiger partial charge on any atom is -0.494 e. The fourth-order valence-electron chi connectivity index (χ4n) is 2.89. The SMILES string of the molecule is CC(C)CCOc1ccc(C(=O)NC(=S)NNC(=O)COc2ccc3ccccc3c2)cc1. The Bertz CT molecular complexity index is 1120. The first kappa shape index (κ1) is 24.0. The molecule has 3 aromatic carbocycles. The van der Waals surface area contributed by atoms with E-state index < -0.39 is 11.8 Å². The molecule has 0 aromatic heterocycles. The van der Waals surface area contributed by atoms with Crippen molar-refractivity contribution in [3.63, 3.8) is 0 Å². The Morgan fingerprint density at radius 3 is 2.30 bits per heavy atom. The molecular formula is C25H27N3O4S. The third kappa shape index (κ3) is 7.76. The number of hydrogen-bond acceptors (Lipinski definition) is 5. The molecule has 0 fully saturated rings. The molecule has 3 N–H and O–H groups in total. The quantitative estimate of drug-likeness (QED) is 0.345. The molecule has 0 saturated carbocycles. The Balaban J connectivity index is 1.38. The fraction of sp³-hybridized carbons (Fsp3) is 0.240. The lowest BCUT2D eigenvalue weighted by atomic mass is 10.1. The molecule has 0 spiro atoms. The lowest BCUT2D eigenvalue weighted by Gasteiger charge is -2.12. The maximum absolute atomic E-state index is 12.3. The Labute approximate surface area is 198 Å². The van der Waals surface area contributed by atoms with Crippen molar-refractivity contribution in [2.75, 3.05) is 13.2 Å². The van der Waals surface area contributed by atoms with Crippen LogP contribution in [0.25, 0.3) is 10.8 Å². The van der Waals surface area contributed by atoms with Crippen molar-refractivity contribution < 1.29 is 19.1 Å². The predicted molar refractivity (Wildman–Crippen MR) is 132 cm³/mol. The molecule has 0 atom stereocenters. The van der Waals surface area contributed by atoms with Crippen LogP contribution in [0.2, 0.25) is 0 Å². The van der Waals surface area contributed by atoms with Gasteiger partial charge in [0.15, 0.2) is 11.7 Å². The van der Waals surface area contributed by atoms with Gasteiger partial charge in [0.05, 0.1) is 6.61 Å². The maximum Gasteiger partial charge on any atom is 0.276 e. The van der Waals surface area contributed by atoms with Gasteiger partial charge in [-0.05, 0) is 71.7 Å². The van der Waals surface area contributed by atoms with Gasteiger partial charge < -0.3 is 9.47 Å². The molecule has 0 aliphatic rings. The van der Waals surface area contributed by atoms with Crippen molar-refractivity contribution >= 4 is 39.9 Å². The zero-order valence-electron chi connectivity index (χ0n) is 18.6. The lowest BCUT2D eigenvalue weighted by molar-refractivity contribution is -0.123. The van der Waals surface area contributed by atoms with Gasteiger partial charge in [-0.15, -0.1) is 0 Å². The number of ether oxygens (including phenoxy) is 2. The number of carbonyl (C=O) groups excluding carboxylic acids is 2. The number of benzene rings is 3. The standard InChI is InChI=1S/C25H27N3O4S/c1-17(2)13-14-31-21-10-8-19(9-11-21)24(30)26-25(33)28-27-23(29)16-32-22-12-7-18-5-3-4-6-20(18)15-22/h3-12,15,17H,13-14,16H2,1-2H3,(H,27,29)(H2,26,28,30,33). The summed E-state index contributed by atoms with van der Waals surface area (Å²) < 4.78 is 11.2. The Kier molecular flexibility index (Phi) is 8.60. The van der Waals surface area contributed by atoms with Crippen molar-refractivity contribution in [1.29, 1.82) is 0 Å². The minimum atomic E-state index is -0.442. The van der Waals surface area contributed by atoms with Gasteiger partial charge in [0, 0.05) is 5.56 Å². The van der Waals surface area contributed by atoms with E-state index in [2.05, 4.69) is 30.0 Å². The number of hydrazine groups is 1. The molecule has 3 rings (SSSR count). The van der Waals surface area contributed by atoms with Crippen LogP contribution in [0.3, 0.4) is 0 Å². The molecule has 0 unspecified atom stereocenters. The maximum atomic E-state index is 12.3. The molecule has 0 saturated heterocycles. The lowest BCUT2D eigenvalue weighted by Crippen LogP contribution is -2.49. The summed E-state index contributed by atoms with van der Waals surface area (Å²) in [6, 6.07) is 20.2. The van der Waals surface area contributed by atoms with Gasteiger partial charge in [-0.3, -0.25) is 25.8 Å². The molecule has 172 valence electrons. The Hall–Kier alpha value is -3.65. The highest BCUT2D eigenvalue weighted by atomic mass is 32.1. The van der Waals surface area contributed by atoms with Crippen LogP contribution < -0.4 is 25.6 Å². The molecule has 3 aromatic rings. The highest BCUT2D eigenvalue weighted by Crippen LogP contribution is 2.20. The topological polar surface area (TPSA) is 88.7 Å². The molecule has 0 bridgehead atoms. The van der Waals surface area contributed by atoms with E-state index in [0.717, 1.165) is 17.2 Å². The first-order valence-electron chi connectivity index (χ1n) is 10.7. The van der Waals surface area contributed by atoms with Gasteiger partial charge in [-0.25, -0.2) is 0 Å². The summed E-state index contributed by atoms with van der Waals surface area (Å²) in [5, 5.41) is 4.59. The average molecular weight is 466 g/mol. The van der Waals surface area contributed by atoms with E-state index >= 15 is 0 Å². The molecule has 2 amide bonds. The van der Waals surface area contributed by atoms with Gasteiger partial charge in [0.25, 0.3) is 11.8 Å². The monoisotopic (exact) mass is 465 g/mol. The molecule has 0 aliphatic carbocycles. The average Bonchev–Trinajstić information content (AvgIpc) is 2.81. The summed E-state index contributed by atoms with van der Waals surface area (Å²) in [6.07, 6.45) is 0.960. The second-order valence-electron chi connectivity index (χ2n) is 7.81. The molecule has 7 nitrogen and oxygen atoms in total. The van der Waals surface area contributed by atoms with Crippen LogP contribution in [0, 0.1) is 5.92 Å². The van der Waals surface area contributed by atoms with Crippen LogP contribution in [-0.2, 0) is 4.79 Å². The van der Waals surface area contributed by atoms with Crippen molar-refractivity contribution in [1.82, 2.24) is 16.2 Å². The zero-order chi connectivity index (χ0) is 23.6. The molecule has 8 heteroatoms. The Morgan fingerprint density at radius 1 is 0.879 bits per heavy atom. The molecule has 0 heterocycles. The van der Waals surface area contributed by atoms with Crippen LogP contribution in [0.5, 0.6) is 11.5 Å². The second kappa shape index (κ2) is 11.8. The number of fused-ring (bicyclic) bond motifs is 1. The molecule has 33 heavy (non-hydrogen) atoms. The van der Waals surface area contributed by atoms with Crippen LogP contribution in [0.1, 0.15) is 30.6 Å². The van der Waals surface area contributed by atoms with E-state index in [1.54, 1.807) is 30.3 Å². The van der Waals surface area contributed by atoms with Crippen molar-refractivity contribution in [2.24, 2.45) is 5.92 Å². The summed E-state index contributed by atoms with van der Waals surface area (Å²) in [5.41, 5.74) is 5.31. The van der Waals surface area contributed by atoms with Gasteiger partial charge >= 0.3 is 0 Å². The van der Waals surface area contributed by atoms with Crippen LogP contribution in [0.15, 0.2) is 66.7 Å². The first-order valence-corrected chi connectivity index (χ1v) is 11.1. The van der Waals surface area contributed by atoms with Crippen LogP contribution in [-0.4, -0.2) is 30.1 Å². The summed E-state index contributed by atoms with van der Waals surface area (Å²) in [5.74, 6) is 1.00. The van der Waals surface area contributed by atoms with E-state index in [9.17, 15) is 9.59 Å². The number of nitrogens with one attached hydrogen (secondary N) is 3. The van der Waals surface area contributed by atoms with E-state index in [0.29, 0.717) is 29.6 Å². The number of amides is 2. The van der Waals surface area contributed by atoms with Crippen LogP contribution >= 0.6 is 12.2 Å². The minimum absolute atomic E-state index is 0.0312. The van der Waals surface area contributed by atoms with Gasteiger partial charge in [0.2, 0.25) is 0 Å². The second-order valence-corrected chi connectivity index (χ2v) is 8.22. The number of hydrogen-bond donors (Lipinski definition) is 3. The fourth-order valence-corrected chi connectivity index (χ4v) is 3.03. The van der Waals surface area contributed by atoms with Gasteiger partial charge in [-0.1, -0.05) is 44.2 Å². The van der Waals surface area contributed by atoms with Crippen LogP contribution in [0.4, 0.5) is 0 Å². The normalized spacial score (nSPS) is 10.5. The number of rotatable bonds is 8. The summed E-state index contributed by atoms with van der Waals surface area (Å²) >= 11 is 5.06. The first-order chi connectivity index (χ1) is 15.9. The summed E-state index contributed by atoms with van der Waals surface area (Å²) in [6.45, 7) is 4.68. The zero-order valence-corrected chi connectivity index (χ0v) is 19.4. The molecular weight excluding hydrogens is 438 g/mol. The summed E-state index contributed by atoms with van der Waals surface area (Å²) in [4.78, 5) is 24.3. The number of thiocarbonyl (C=S) groups is 1. The highest BCUT2D eigenvalue weighted by Gasteiger charge is 2.10. The van der Waals surface area contributed by atoms with E-state index in [-0.39, 0.29) is 11.7 Å². The smallest absolute Gasteiger partial charge is 0.276 e. The van der Waals surface area contributed by atoms with Crippen molar-refractivity contribution in [3.8, 4) is 11.5 Å². The van der Waals surface area contributed by atoms with E-state index in [1.807, 2.05) is 36.4 Å². The van der Waals surface area contributed by atoms with Gasteiger partial charge in [-0.2, -0.15) is 0 Å². The number of carbonyl (C=O) groups is 2. The predicted octanol–water partition coefficient (Wildman–Crippen LogP) is 3.98. The van der Waals surface area contributed by atoms with Gasteiger partial charge in [0.1, 0.15) is 11.5 Å². The van der Waals surface area contributed by atoms with Crippen molar-refractivity contribution in [2.45, 2.75) is 20.3 Å². The molecule has 0 aliphatic heterocycles. The highest BCUT2D eigenvalue weighted by molar-refractivity contribution is 7.80. The third-order valence-corrected chi connectivity index (χ3v) is 4.92. The largest absolute Gasteiger partial charge is 0.494 e. The molecule has 0 radical (unpaired) electrons. The third-order valence-electron chi connectivity index (χ3n) is 4.71. The van der Waals surface area contributed by atoms with E-state index in [1.165, 1.54) is 0 Å². The summed E-state index contributed by atoms with van der Waals surface area (Å²) in [7, 11) is 0.